The molecule has 2 unspecified atom stereocenters. The molecule has 1 fully saturated rings. The molecule has 2 atom stereocenters. The number of carbonyl (C=O) groups excluding carboxylic acids is 1. The van der Waals surface area contributed by atoms with Crippen LogP contribution >= 0.6 is 0 Å². The normalized spacial score (nSPS) is 26.5. The summed E-state index contributed by atoms with van der Waals surface area (Å²) in [5.41, 5.74) is 0. The van der Waals surface area contributed by atoms with Gasteiger partial charge in [0.15, 0.2) is 0 Å². The van der Waals surface area contributed by atoms with Gasteiger partial charge in [0, 0.05) is 20.0 Å². The van der Waals surface area contributed by atoms with E-state index in [1.165, 1.54) is 0 Å². The average Bonchev–Trinajstić information content (AvgIpc) is 2.56. The van der Waals surface area contributed by atoms with Gasteiger partial charge in [-0.3, -0.25) is 14.5 Å². The Balaban J connectivity index is 2.47. The number of nitrogens with one attached hydrogen (secondary N) is 1. The highest BCUT2D eigenvalue weighted by molar-refractivity contribution is 5.76. The fourth-order valence-electron chi connectivity index (χ4n) is 2.05. The topological polar surface area (TPSA) is 69.6 Å². The van der Waals surface area contributed by atoms with Crippen LogP contribution in [-0.2, 0) is 9.59 Å². The highest BCUT2D eigenvalue weighted by Crippen LogP contribution is 2.23. The first-order chi connectivity index (χ1) is 7.06. The molecule has 5 heteroatoms. The quantitative estimate of drug-likeness (QED) is 0.686. The van der Waals surface area contributed by atoms with Gasteiger partial charge in [0.25, 0.3) is 0 Å². The van der Waals surface area contributed by atoms with E-state index in [1.54, 1.807) is 7.05 Å². The van der Waals surface area contributed by atoms with E-state index >= 15 is 0 Å². The third-order valence-electron chi connectivity index (χ3n) is 2.96. The average molecular weight is 214 g/mol. The summed E-state index contributed by atoms with van der Waals surface area (Å²) in [6.07, 6.45) is 1.26. The van der Waals surface area contributed by atoms with Crippen molar-refractivity contribution in [2.75, 3.05) is 20.1 Å². The molecular formula is C10H18N2O3. The Morgan fingerprint density at radius 3 is 2.73 bits per heavy atom. The predicted molar refractivity (Wildman–Crippen MR) is 55.5 cm³/mol. The zero-order valence-electron chi connectivity index (χ0n) is 9.19. The van der Waals surface area contributed by atoms with Gasteiger partial charge in [0.1, 0.15) is 6.04 Å². The number of hydrogen-bond acceptors (Lipinski definition) is 3. The first-order valence-corrected chi connectivity index (χ1v) is 5.23. The molecule has 1 saturated heterocycles. The highest BCUT2D eigenvalue weighted by atomic mass is 16.4. The molecular weight excluding hydrogens is 196 g/mol. The number of amides is 1. The zero-order valence-corrected chi connectivity index (χ0v) is 9.19. The van der Waals surface area contributed by atoms with Crippen molar-refractivity contribution >= 4 is 11.9 Å². The van der Waals surface area contributed by atoms with E-state index in [4.69, 9.17) is 5.11 Å². The molecule has 86 valence electrons. The largest absolute Gasteiger partial charge is 0.480 e. The molecule has 1 rings (SSSR count). The molecule has 5 nitrogen and oxygen atoms in total. The first kappa shape index (κ1) is 12.0. The summed E-state index contributed by atoms with van der Waals surface area (Å²) in [7, 11) is 1.59. The molecule has 0 radical (unpaired) electrons. The minimum absolute atomic E-state index is 0.0429. The second kappa shape index (κ2) is 5.11. The number of aliphatic carboxylic acids is 1. The summed E-state index contributed by atoms with van der Waals surface area (Å²) in [4.78, 5) is 23.9. The van der Waals surface area contributed by atoms with Gasteiger partial charge in [-0.15, -0.1) is 0 Å². The van der Waals surface area contributed by atoms with Crippen LogP contribution < -0.4 is 5.32 Å². The van der Waals surface area contributed by atoms with Gasteiger partial charge in [0.2, 0.25) is 5.91 Å². The minimum Gasteiger partial charge on any atom is -0.480 e. The molecule has 0 spiro atoms. The molecule has 0 aromatic rings. The van der Waals surface area contributed by atoms with Crippen LogP contribution in [-0.4, -0.2) is 48.1 Å². The van der Waals surface area contributed by atoms with E-state index < -0.39 is 12.0 Å². The molecule has 0 saturated carbocycles. The second-order valence-corrected chi connectivity index (χ2v) is 4.01. The lowest BCUT2D eigenvalue weighted by molar-refractivity contribution is -0.143. The number of carboxylic acid groups (broad SMARTS) is 1. The van der Waals surface area contributed by atoms with Crippen molar-refractivity contribution < 1.29 is 14.7 Å². The van der Waals surface area contributed by atoms with E-state index in [0.29, 0.717) is 13.0 Å². The van der Waals surface area contributed by atoms with Crippen molar-refractivity contribution in [2.45, 2.75) is 25.8 Å². The third-order valence-corrected chi connectivity index (χ3v) is 2.96. The Morgan fingerprint density at radius 2 is 2.20 bits per heavy atom. The van der Waals surface area contributed by atoms with Crippen molar-refractivity contribution in [2.24, 2.45) is 5.92 Å². The monoisotopic (exact) mass is 214 g/mol. The zero-order chi connectivity index (χ0) is 11.4. The fourth-order valence-corrected chi connectivity index (χ4v) is 2.05. The third kappa shape index (κ3) is 2.92. The van der Waals surface area contributed by atoms with E-state index in [-0.39, 0.29) is 11.8 Å². The standard InChI is InChI=1S/C10H18N2O3/c1-7-3-5-12(9(7)10(14)15)6-4-8(13)11-2/h7,9H,3-6H2,1-2H3,(H,11,13)(H,14,15). The van der Waals surface area contributed by atoms with Crippen molar-refractivity contribution in [3.8, 4) is 0 Å². The maximum absolute atomic E-state index is 11.0. The van der Waals surface area contributed by atoms with Crippen molar-refractivity contribution in [1.82, 2.24) is 10.2 Å². The van der Waals surface area contributed by atoms with Gasteiger partial charge in [0.05, 0.1) is 0 Å². The van der Waals surface area contributed by atoms with Crippen molar-refractivity contribution in [1.29, 1.82) is 0 Å². The van der Waals surface area contributed by atoms with Gasteiger partial charge in [-0.1, -0.05) is 6.92 Å². The number of hydrogen-bond donors (Lipinski definition) is 2. The predicted octanol–water partition coefficient (Wildman–Crippen LogP) is -0.0825. The van der Waals surface area contributed by atoms with Crippen LogP contribution in [0.2, 0.25) is 0 Å². The fraction of sp³-hybridized carbons (Fsp3) is 0.800. The first-order valence-electron chi connectivity index (χ1n) is 5.23. The number of nitrogens with zero attached hydrogens (tertiary/aromatic N) is 1. The number of likely N-dealkylation sites (tertiary alicyclic amines) is 1. The Morgan fingerprint density at radius 1 is 1.53 bits per heavy atom. The summed E-state index contributed by atoms with van der Waals surface area (Å²) >= 11 is 0. The molecule has 0 aliphatic carbocycles. The highest BCUT2D eigenvalue weighted by Gasteiger charge is 2.36. The lowest BCUT2D eigenvalue weighted by Gasteiger charge is -2.22. The molecule has 1 heterocycles. The van der Waals surface area contributed by atoms with E-state index in [0.717, 1.165) is 13.0 Å². The van der Waals surface area contributed by atoms with E-state index in [2.05, 4.69) is 5.32 Å². The van der Waals surface area contributed by atoms with Crippen molar-refractivity contribution in [3.05, 3.63) is 0 Å². The van der Waals surface area contributed by atoms with Crippen LogP contribution in [0.1, 0.15) is 19.8 Å². The summed E-state index contributed by atoms with van der Waals surface area (Å²) < 4.78 is 0. The lowest BCUT2D eigenvalue weighted by atomic mass is 10.0. The maximum atomic E-state index is 11.0. The van der Waals surface area contributed by atoms with Gasteiger partial charge >= 0.3 is 5.97 Å². The Kier molecular flexibility index (Phi) is 4.08. The Bertz CT molecular complexity index is 255. The number of carbonyl (C=O) groups is 2. The summed E-state index contributed by atoms with van der Waals surface area (Å²) in [5.74, 6) is -0.650. The van der Waals surface area contributed by atoms with E-state index in [9.17, 15) is 9.59 Å². The van der Waals surface area contributed by atoms with Crippen molar-refractivity contribution in [3.63, 3.8) is 0 Å². The molecule has 1 amide bonds. The summed E-state index contributed by atoms with van der Waals surface area (Å²) in [6, 6.07) is -0.422. The molecule has 15 heavy (non-hydrogen) atoms. The SMILES string of the molecule is CNC(=O)CCN1CCC(C)C1C(=O)O. The van der Waals surface area contributed by atoms with Gasteiger partial charge < -0.3 is 10.4 Å². The smallest absolute Gasteiger partial charge is 0.321 e. The molecule has 2 N–H and O–H groups in total. The second-order valence-electron chi connectivity index (χ2n) is 4.01. The minimum atomic E-state index is -0.781. The molecule has 1 aliphatic heterocycles. The molecule has 0 aromatic heterocycles. The Hall–Kier alpha value is -1.10. The number of rotatable bonds is 4. The summed E-state index contributed by atoms with van der Waals surface area (Å²) in [5, 5.41) is 11.6. The van der Waals surface area contributed by atoms with Gasteiger partial charge in [-0.2, -0.15) is 0 Å². The van der Waals surface area contributed by atoms with Gasteiger partial charge in [-0.05, 0) is 18.9 Å². The van der Waals surface area contributed by atoms with Crippen LogP contribution in [0.3, 0.4) is 0 Å². The van der Waals surface area contributed by atoms with Gasteiger partial charge in [-0.25, -0.2) is 0 Å². The number of carboxylic acids is 1. The summed E-state index contributed by atoms with van der Waals surface area (Å²) in [6.45, 7) is 3.24. The van der Waals surface area contributed by atoms with Crippen LogP contribution in [0, 0.1) is 5.92 Å². The molecule has 0 aromatic carbocycles. The molecule has 0 bridgehead atoms. The lowest BCUT2D eigenvalue weighted by Crippen LogP contribution is -2.40. The van der Waals surface area contributed by atoms with Crippen LogP contribution in [0.15, 0.2) is 0 Å². The Labute approximate surface area is 89.4 Å². The maximum Gasteiger partial charge on any atom is 0.321 e. The van der Waals surface area contributed by atoms with Crippen LogP contribution in [0.5, 0.6) is 0 Å². The van der Waals surface area contributed by atoms with Crippen LogP contribution in [0.4, 0.5) is 0 Å². The molecule has 1 aliphatic rings. The van der Waals surface area contributed by atoms with E-state index in [1.807, 2.05) is 11.8 Å². The van der Waals surface area contributed by atoms with Crippen LogP contribution in [0.25, 0.3) is 0 Å².